The van der Waals surface area contributed by atoms with Gasteiger partial charge >= 0.3 is 7.12 Å². The molecule has 0 aliphatic heterocycles. The smallest absolute Gasteiger partial charge is 0.422 e. The third-order valence-electron chi connectivity index (χ3n) is 0.969. The summed E-state index contributed by atoms with van der Waals surface area (Å²) in [4.78, 5) is 3.70. The number of aliphatic hydroxyl groups excluding tert-OH is 1. The van der Waals surface area contributed by atoms with Crippen LogP contribution in [0.2, 0.25) is 0 Å². The molecule has 10 heavy (non-hydrogen) atoms. The first-order chi connectivity index (χ1) is 4.74. The molecule has 0 fully saturated rings. The number of thiazole rings is 1. The fourth-order valence-electron chi connectivity index (χ4n) is 0.516. The fourth-order valence-corrected chi connectivity index (χ4v) is 1.18. The summed E-state index contributed by atoms with van der Waals surface area (Å²) in [6.45, 7) is -0.155. The van der Waals surface area contributed by atoms with Gasteiger partial charge < -0.3 is 15.2 Å². The van der Waals surface area contributed by atoms with E-state index < -0.39 is 7.12 Å². The van der Waals surface area contributed by atoms with Crippen molar-refractivity contribution in [1.29, 1.82) is 0 Å². The molecule has 0 saturated heterocycles. The monoisotopic (exact) mass is 159 g/mol. The quantitative estimate of drug-likeness (QED) is 0.450. The minimum absolute atomic E-state index is 0.155. The van der Waals surface area contributed by atoms with Crippen molar-refractivity contribution in [3.05, 3.63) is 10.4 Å². The van der Waals surface area contributed by atoms with E-state index in [0.29, 0.717) is 5.01 Å². The molecule has 0 atom stereocenters. The van der Waals surface area contributed by atoms with Crippen molar-refractivity contribution in [2.24, 2.45) is 0 Å². The van der Waals surface area contributed by atoms with E-state index in [0.717, 1.165) is 0 Å². The molecule has 0 bridgehead atoms. The van der Waals surface area contributed by atoms with Crippen LogP contribution in [0.3, 0.4) is 0 Å². The molecule has 1 aromatic heterocycles. The standard InChI is InChI=1S/C4H6BNO3S/c7-1-4-6-3(2-10-4)5(8)9/h2,7-9H,1H2. The first-order valence-electron chi connectivity index (χ1n) is 2.65. The van der Waals surface area contributed by atoms with E-state index >= 15 is 0 Å². The molecule has 6 heteroatoms. The molecule has 1 heterocycles. The average molecular weight is 159 g/mol. The molecule has 0 saturated carbocycles. The van der Waals surface area contributed by atoms with Crippen molar-refractivity contribution < 1.29 is 15.2 Å². The van der Waals surface area contributed by atoms with Crippen LogP contribution < -0.4 is 5.59 Å². The molecule has 1 rings (SSSR count). The maximum absolute atomic E-state index is 8.55. The van der Waals surface area contributed by atoms with Crippen LogP contribution in [0.25, 0.3) is 0 Å². The molecule has 4 nitrogen and oxygen atoms in total. The number of aliphatic hydroxyl groups is 1. The highest BCUT2D eigenvalue weighted by molar-refractivity contribution is 7.10. The van der Waals surface area contributed by atoms with E-state index in [4.69, 9.17) is 15.2 Å². The lowest BCUT2D eigenvalue weighted by atomic mass is 9.88. The lowest BCUT2D eigenvalue weighted by Gasteiger charge is -1.88. The normalized spacial score (nSPS) is 9.90. The van der Waals surface area contributed by atoms with Gasteiger partial charge in [-0.2, -0.15) is 0 Å². The van der Waals surface area contributed by atoms with Crippen LogP contribution in [-0.2, 0) is 6.61 Å². The Morgan fingerprint density at radius 2 is 2.30 bits per heavy atom. The Morgan fingerprint density at radius 3 is 2.60 bits per heavy atom. The molecule has 0 aromatic carbocycles. The Morgan fingerprint density at radius 1 is 1.60 bits per heavy atom. The van der Waals surface area contributed by atoms with Crippen LogP contribution >= 0.6 is 11.3 Å². The fraction of sp³-hybridized carbons (Fsp3) is 0.250. The first kappa shape index (κ1) is 7.68. The number of aromatic nitrogens is 1. The molecular formula is C4H6BNO3S. The van der Waals surface area contributed by atoms with E-state index in [9.17, 15) is 0 Å². The molecular weight excluding hydrogens is 153 g/mol. The van der Waals surface area contributed by atoms with E-state index in [1.54, 1.807) is 0 Å². The molecule has 0 unspecified atom stereocenters. The van der Waals surface area contributed by atoms with Gasteiger partial charge in [0, 0.05) is 5.38 Å². The second-order valence-electron chi connectivity index (χ2n) is 1.70. The van der Waals surface area contributed by atoms with Gasteiger partial charge in [-0.15, -0.1) is 11.3 Å². The highest BCUT2D eigenvalue weighted by Crippen LogP contribution is 2.01. The van der Waals surface area contributed by atoms with Gasteiger partial charge in [-0.05, 0) is 0 Å². The van der Waals surface area contributed by atoms with Crippen molar-refractivity contribution in [3.63, 3.8) is 0 Å². The van der Waals surface area contributed by atoms with Crippen molar-refractivity contribution in [1.82, 2.24) is 4.98 Å². The van der Waals surface area contributed by atoms with E-state index in [-0.39, 0.29) is 12.2 Å². The van der Waals surface area contributed by atoms with Crippen LogP contribution in [0.1, 0.15) is 5.01 Å². The van der Waals surface area contributed by atoms with Crippen LogP contribution in [0, 0.1) is 0 Å². The largest absolute Gasteiger partial charge is 0.509 e. The molecule has 3 N–H and O–H groups in total. The predicted octanol–water partition coefficient (Wildman–Crippen LogP) is -1.68. The summed E-state index contributed by atoms with van der Waals surface area (Å²) in [7, 11) is -1.53. The van der Waals surface area contributed by atoms with Gasteiger partial charge in [0.25, 0.3) is 0 Å². The van der Waals surface area contributed by atoms with Gasteiger partial charge in [0.05, 0.1) is 12.2 Å². The Bertz CT molecular complexity index is 214. The molecule has 54 valence electrons. The second-order valence-corrected chi connectivity index (χ2v) is 2.64. The molecule has 1 aromatic rings. The van der Waals surface area contributed by atoms with Crippen molar-refractivity contribution in [2.75, 3.05) is 0 Å². The molecule has 0 spiro atoms. The van der Waals surface area contributed by atoms with Gasteiger partial charge in [0.2, 0.25) is 0 Å². The molecule has 0 aliphatic rings. The average Bonchev–Trinajstić information content (AvgIpc) is 2.34. The van der Waals surface area contributed by atoms with Gasteiger partial charge in [-0.3, -0.25) is 0 Å². The van der Waals surface area contributed by atoms with Crippen LogP contribution in [-0.4, -0.2) is 27.3 Å². The maximum Gasteiger partial charge on any atom is 0.509 e. The summed E-state index contributed by atoms with van der Waals surface area (Å²) in [6.07, 6.45) is 0. The molecule has 0 radical (unpaired) electrons. The zero-order chi connectivity index (χ0) is 7.56. The number of nitrogens with zero attached hydrogens (tertiary/aromatic N) is 1. The van der Waals surface area contributed by atoms with Gasteiger partial charge in [-0.25, -0.2) is 4.98 Å². The predicted molar refractivity (Wildman–Crippen MR) is 37.9 cm³/mol. The zero-order valence-electron chi connectivity index (χ0n) is 5.06. The number of rotatable bonds is 2. The minimum atomic E-state index is -1.53. The summed E-state index contributed by atoms with van der Waals surface area (Å²) in [5, 5.41) is 27.6. The van der Waals surface area contributed by atoms with Gasteiger partial charge in [0.1, 0.15) is 5.01 Å². The van der Waals surface area contributed by atoms with Crippen molar-refractivity contribution in [2.45, 2.75) is 6.61 Å². The maximum atomic E-state index is 8.55. The van der Waals surface area contributed by atoms with Gasteiger partial charge in [0.15, 0.2) is 0 Å². The summed E-state index contributed by atoms with van der Waals surface area (Å²) in [5.74, 6) is 0. The Balaban J connectivity index is 2.78. The topological polar surface area (TPSA) is 73.6 Å². The van der Waals surface area contributed by atoms with Crippen LogP contribution in [0.5, 0.6) is 0 Å². The Kier molecular flexibility index (Phi) is 2.39. The summed E-state index contributed by atoms with van der Waals surface area (Å²) in [5.41, 5.74) is 0.189. The van der Waals surface area contributed by atoms with Crippen LogP contribution in [0.15, 0.2) is 5.38 Å². The Labute approximate surface area is 61.9 Å². The highest BCUT2D eigenvalue weighted by Gasteiger charge is 2.14. The highest BCUT2D eigenvalue weighted by atomic mass is 32.1. The van der Waals surface area contributed by atoms with E-state index in [1.165, 1.54) is 16.7 Å². The Hall–Kier alpha value is -0.425. The minimum Gasteiger partial charge on any atom is -0.422 e. The third kappa shape index (κ3) is 1.54. The SMILES string of the molecule is OCc1nc(B(O)O)cs1. The summed E-state index contributed by atoms with van der Waals surface area (Å²) < 4.78 is 0. The molecule has 0 aliphatic carbocycles. The lowest BCUT2D eigenvalue weighted by Crippen LogP contribution is -2.30. The lowest BCUT2D eigenvalue weighted by molar-refractivity contribution is 0.281. The van der Waals surface area contributed by atoms with Crippen LogP contribution in [0.4, 0.5) is 0 Å². The van der Waals surface area contributed by atoms with Gasteiger partial charge in [-0.1, -0.05) is 0 Å². The third-order valence-corrected chi connectivity index (χ3v) is 1.82. The molecule has 0 amide bonds. The second kappa shape index (κ2) is 3.11. The number of hydrogen-bond acceptors (Lipinski definition) is 5. The first-order valence-corrected chi connectivity index (χ1v) is 3.53. The van der Waals surface area contributed by atoms with Crippen molar-refractivity contribution >= 4 is 24.0 Å². The number of hydrogen-bond donors (Lipinski definition) is 3. The van der Waals surface area contributed by atoms with Crippen molar-refractivity contribution in [3.8, 4) is 0 Å². The summed E-state index contributed by atoms with van der Waals surface area (Å²) >= 11 is 1.20. The zero-order valence-corrected chi connectivity index (χ0v) is 5.88. The summed E-state index contributed by atoms with van der Waals surface area (Å²) in [6, 6.07) is 0. The van der Waals surface area contributed by atoms with E-state index in [1.807, 2.05) is 0 Å². The van der Waals surface area contributed by atoms with E-state index in [2.05, 4.69) is 4.98 Å².